The first-order valence-corrected chi connectivity index (χ1v) is 15.1. The zero-order valence-electron chi connectivity index (χ0n) is 21.5. The Morgan fingerprint density at radius 3 is 2.54 bits per heavy atom. The number of thiazole rings is 1. The fourth-order valence-corrected chi connectivity index (χ4v) is 6.91. The van der Waals surface area contributed by atoms with Crippen molar-refractivity contribution >= 4 is 54.2 Å². The van der Waals surface area contributed by atoms with Crippen molar-refractivity contribution in [1.82, 2.24) is 9.29 Å². The van der Waals surface area contributed by atoms with Gasteiger partial charge >= 0.3 is 0 Å². The number of hydrogen-bond donors (Lipinski definition) is 0. The summed E-state index contributed by atoms with van der Waals surface area (Å²) in [6, 6.07) is 18.9. The number of benzene rings is 3. The van der Waals surface area contributed by atoms with Crippen molar-refractivity contribution in [1.29, 1.82) is 0 Å². The Hall–Kier alpha value is -3.02. The van der Waals surface area contributed by atoms with Crippen molar-refractivity contribution in [3.63, 3.8) is 0 Å². The highest BCUT2D eigenvalue weighted by molar-refractivity contribution is 7.89. The summed E-state index contributed by atoms with van der Waals surface area (Å²) in [4.78, 5) is 20.2. The molecule has 39 heavy (non-hydrogen) atoms. The quantitative estimate of drug-likeness (QED) is 0.254. The molecule has 1 saturated heterocycles. The molecule has 1 unspecified atom stereocenters. The molecule has 8 nitrogen and oxygen atoms in total. The van der Waals surface area contributed by atoms with Crippen LogP contribution in [0.4, 0.5) is 5.13 Å². The second-order valence-electron chi connectivity index (χ2n) is 9.25. The molecule has 1 atom stereocenters. The Morgan fingerprint density at radius 2 is 1.87 bits per heavy atom. The van der Waals surface area contributed by atoms with Crippen LogP contribution in [0.15, 0.2) is 71.6 Å². The maximum absolute atomic E-state index is 13.8. The van der Waals surface area contributed by atoms with Crippen LogP contribution in [0.25, 0.3) is 10.2 Å². The van der Waals surface area contributed by atoms with Gasteiger partial charge < -0.3 is 9.47 Å². The molecule has 204 valence electrons. The molecule has 5 rings (SSSR count). The van der Waals surface area contributed by atoms with Gasteiger partial charge in [0, 0.05) is 25.8 Å². The highest BCUT2D eigenvalue weighted by Crippen LogP contribution is 2.39. The number of amides is 1. The first-order chi connectivity index (χ1) is 18.8. The number of anilines is 1. The molecule has 4 aromatic rings. The van der Waals surface area contributed by atoms with Gasteiger partial charge in [0.2, 0.25) is 10.0 Å². The molecule has 1 fully saturated rings. The van der Waals surface area contributed by atoms with Crippen LogP contribution in [0.3, 0.4) is 0 Å². The van der Waals surface area contributed by atoms with Crippen molar-refractivity contribution < 1.29 is 22.7 Å². The standard InChI is InChI=1S/C28H28ClN3O5S2/c1-31(17-19-7-4-3-5-8-19)39(34,35)22-12-10-20(11-13-22)27(33)32(18-21-9-6-16-37-21)28-30-25-24(36-2)15-14-23(29)26(25)38-28/h3-5,7-8,10-15,21H,6,9,16-18H2,1-2H3. The molecular weight excluding hydrogens is 558 g/mol. The van der Waals surface area contributed by atoms with E-state index in [9.17, 15) is 13.2 Å². The lowest BCUT2D eigenvalue weighted by Gasteiger charge is -2.23. The summed E-state index contributed by atoms with van der Waals surface area (Å²) >= 11 is 7.74. The van der Waals surface area contributed by atoms with Crippen LogP contribution in [-0.2, 0) is 21.3 Å². The fraction of sp³-hybridized carbons (Fsp3) is 0.286. The SMILES string of the molecule is COc1ccc(Cl)c2sc(N(CC3CCCO3)C(=O)c3ccc(S(=O)(=O)N(C)Cc4ccccc4)cc3)nc12. The van der Waals surface area contributed by atoms with E-state index in [2.05, 4.69) is 0 Å². The molecule has 0 aliphatic carbocycles. The van der Waals surface area contributed by atoms with E-state index in [4.69, 9.17) is 26.1 Å². The van der Waals surface area contributed by atoms with Gasteiger partial charge in [0.25, 0.3) is 5.91 Å². The van der Waals surface area contributed by atoms with Gasteiger partial charge in [-0.15, -0.1) is 0 Å². The van der Waals surface area contributed by atoms with Gasteiger partial charge in [-0.1, -0.05) is 53.3 Å². The number of ether oxygens (including phenoxy) is 2. The molecule has 0 spiro atoms. The second-order valence-corrected chi connectivity index (χ2v) is 12.7. The van der Waals surface area contributed by atoms with E-state index in [1.54, 1.807) is 24.1 Å². The lowest BCUT2D eigenvalue weighted by Crippen LogP contribution is -2.37. The molecule has 1 amide bonds. The Bertz CT molecular complexity index is 1570. The minimum atomic E-state index is -3.75. The number of nitrogens with zero attached hydrogens (tertiary/aromatic N) is 3. The first-order valence-electron chi connectivity index (χ1n) is 12.4. The van der Waals surface area contributed by atoms with Crippen molar-refractivity contribution in [3.8, 4) is 5.75 Å². The third-order valence-electron chi connectivity index (χ3n) is 6.61. The molecule has 2 heterocycles. The minimum Gasteiger partial charge on any atom is -0.494 e. The highest BCUT2D eigenvalue weighted by atomic mass is 35.5. The summed E-state index contributed by atoms with van der Waals surface area (Å²) in [5.41, 5.74) is 1.81. The predicted molar refractivity (Wildman–Crippen MR) is 153 cm³/mol. The van der Waals surface area contributed by atoms with E-state index in [1.807, 2.05) is 30.3 Å². The number of hydrogen-bond acceptors (Lipinski definition) is 7. The van der Waals surface area contributed by atoms with Crippen LogP contribution < -0.4 is 9.64 Å². The predicted octanol–water partition coefficient (Wildman–Crippen LogP) is 5.60. The number of rotatable bonds is 9. The van der Waals surface area contributed by atoms with Crippen LogP contribution in [-0.4, -0.2) is 57.0 Å². The molecular formula is C28H28ClN3O5S2. The van der Waals surface area contributed by atoms with Crippen LogP contribution in [0.2, 0.25) is 5.02 Å². The lowest BCUT2D eigenvalue weighted by molar-refractivity contribution is 0.0917. The number of methoxy groups -OCH3 is 1. The van der Waals surface area contributed by atoms with Crippen molar-refractivity contribution in [2.75, 3.05) is 32.2 Å². The van der Waals surface area contributed by atoms with Gasteiger partial charge in [0.1, 0.15) is 11.3 Å². The molecule has 0 radical (unpaired) electrons. The number of fused-ring (bicyclic) bond motifs is 1. The third-order valence-corrected chi connectivity index (χ3v) is 9.97. The number of carbonyl (C=O) groups excluding carboxylic acids is 1. The normalized spacial score (nSPS) is 15.6. The largest absolute Gasteiger partial charge is 0.494 e. The Morgan fingerprint density at radius 1 is 1.13 bits per heavy atom. The number of halogens is 1. The van der Waals surface area contributed by atoms with Gasteiger partial charge in [-0.25, -0.2) is 13.4 Å². The molecule has 3 aromatic carbocycles. The van der Waals surface area contributed by atoms with Crippen molar-refractivity contribution in [2.24, 2.45) is 0 Å². The molecule has 11 heteroatoms. The Kier molecular flexibility index (Phi) is 8.20. The van der Waals surface area contributed by atoms with E-state index in [-0.39, 0.29) is 23.5 Å². The summed E-state index contributed by atoms with van der Waals surface area (Å²) in [6.07, 6.45) is 1.64. The van der Waals surface area contributed by atoms with E-state index < -0.39 is 10.0 Å². The summed E-state index contributed by atoms with van der Waals surface area (Å²) < 4.78 is 39.6. The second kappa shape index (κ2) is 11.6. The summed E-state index contributed by atoms with van der Waals surface area (Å²) in [6.45, 7) is 1.20. The van der Waals surface area contributed by atoms with E-state index in [0.29, 0.717) is 40.1 Å². The average Bonchev–Trinajstić information content (AvgIpc) is 3.63. The number of carbonyl (C=O) groups is 1. The zero-order valence-corrected chi connectivity index (χ0v) is 23.9. The van der Waals surface area contributed by atoms with Crippen molar-refractivity contribution in [3.05, 3.63) is 82.9 Å². The Balaban J connectivity index is 1.43. The smallest absolute Gasteiger partial charge is 0.260 e. The fourth-order valence-electron chi connectivity index (χ4n) is 4.49. The molecule has 1 aliphatic heterocycles. The van der Waals surface area contributed by atoms with Gasteiger partial charge in [0.15, 0.2) is 5.13 Å². The molecule has 1 aliphatic rings. The summed E-state index contributed by atoms with van der Waals surface area (Å²) in [7, 11) is -0.653. The monoisotopic (exact) mass is 585 g/mol. The maximum Gasteiger partial charge on any atom is 0.260 e. The molecule has 0 N–H and O–H groups in total. The van der Waals surface area contributed by atoms with Crippen LogP contribution in [0.1, 0.15) is 28.8 Å². The van der Waals surface area contributed by atoms with E-state index in [0.717, 1.165) is 23.1 Å². The number of aromatic nitrogens is 1. The van der Waals surface area contributed by atoms with Crippen LogP contribution in [0.5, 0.6) is 5.75 Å². The first kappa shape index (κ1) is 27.5. The molecule has 0 saturated carbocycles. The van der Waals surface area contributed by atoms with Crippen LogP contribution >= 0.6 is 22.9 Å². The summed E-state index contributed by atoms with van der Waals surface area (Å²) in [5, 5.41) is 0.990. The summed E-state index contributed by atoms with van der Waals surface area (Å²) in [5.74, 6) is 0.261. The van der Waals surface area contributed by atoms with Gasteiger partial charge in [-0.05, 0) is 54.8 Å². The zero-order chi connectivity index (χ0) is 27.6. The van der Waals surface area contributed by atoms with Gasteiger partial charge in [-0.3, -0.25) is 9.69 Å². The van der Waals surface area contributed by atoms with Gasteiger partial charge in [0.05, 0.1) is 34.4 Å². The van der Waals surface area contributed by atoms with Crippen LogP contribution in [0, 0.1) is 0 Å². The Labute approximate surface area is 236 Å². The van der Waals surface area contributed by atoms with Crippen molar-refractivity contribution in [2.45, 2.75) is 30.4 Å². The maximum atomic E-state index is 13.8. The van der Waals surface area contributed by atoms with E-state index >= 15 is 0 Å². The number of sulfonamides is 1. The highest BCUT2D eigenvalue weighted by Gasteiger charge is 2.29. The molecule has 0 bridgehead atoms. The molecule has 1 aromatic heterocycles. The minimum absolute atomic E-state index is 0.111. The average molecular weight is 586 g/mol. The van der Waals surface area contributed by atoms with Gasteiger partial charge in [-0.2, -0.15) is 4.31 Å². The third kappa shape index (κ3) is 5.80. The topological polar surface area (TPSA) is 89.0 Å². The van der Waals surface area contributed by atoms with E-state index in [1.165, 1.54) is 47.0 Å². The lowest BCUT2D eigenvalue weighted by atomic mass is 10.2.